The van der Waals surface area contributed by atoms with E-state index in [2.05, 4.69) is 30.4 Å². The molecule has 0 aromatic rings. The van der Waals surface area contributed by atoms with Crippen LogP contribution >= 0.6 is 12.4 Å². The Morgan fingerprint density at radius 2 is 1.86 bits per heavy atom. The fraction of sp³-hybridized carbons (Fsp3) is 0.500. The number of nitrogens with two attached hydrogens (primary N) is 1. The van der Waals surface area contributed by atoms with Crippen molar-refractivity contribution in [2.24, 2.45) is 5.73 Å². The Hall–Kier alpha value is -1.41. The van der Waals surface area contributed by atoms with Gasteiger partial charge in [0.25, 0.3) is 0 Å². The van der Waals surface area contributed by atoms with Crippen molar-refractivity contribution in [3.63, 3.8) is 0 Å². The van der Waals surface area contributed by atoms with Gasteiger partial charge in [-0.15, -0.1) is 25.3 Å². The highest BCUT2D eigenvalue weighted by Gasteiger charge is 1.93. The molecule has 0 aliphatic carbocycles. The Labute approximate surface area is 91.3 Å². The molecule has 0 aromatic carbocycles. The molecule has 0 heterocycles. The molecule has 0 rings (SSSR count). The quantitative estimate of drug-likeness (QED) is 0.207. The smallest absolute Gasteiger partial charge is 0.195 e. The number of hydrogen-bond donors (Lipinski definition) is 5. The lowest BCUT2D eigenvalue weighted by molar-refractivity contribution is 0.744. The molecular weight excluding hydrogens is 202 g/mol. The van der Waals surface area contributed by atoms with Crippen LogP contribution in [0, 0.1) is 23.7 Å². The summed E-state index contributed by atoms with van der Waals surface area (Å²) in [6.45, 7) is 2.82. The maximum atomic E-state index is 7.15. The van der Waals surface area contributed by atoms with Crippen LogP contribution in [-0.2, 0) is 0 Å². The van der Waals surface area contributed by atoms with Crippen molar-refractivity contribution in [2.45, 2.75) is 19.8 Å². The van der Waals surface area contributed by atoms with Crippen molar-refractivity contribution < 1.29 is 0 Å². The van der Waals surface area contributed by atoms with Crippen molar-refractivity contribution >= 4 is 24.3 Å². The first-order chi connectivity index (χ1) is 6.16. The van der Waals surface area contributed by atoms with Gasteiger partial charge < -0.3 is 11.1 Å². The summed E-state index contributed by atoms with van der Waals surface area (Å²) in [6.07, 6.45) is 10.1. The molecule has 0 aromatic heterocycles. The van der Waals surface area contributed by atoms with Crippen molar-refractivity contribution in [3.05, 3.63) is 0 Å². The molecule has 0 atom stereocenters. The normalized spacial score (nSPS) is 7.07. The minimum absolute atomic E-state index is 0. The third-order valence-corrected chi connectivity index (χ3v) is 1.09. The maximum absolute atomic E-state index is 7.15. The number of hydrogen-bond acceptors (Lipinski definition) is 2. The minimum atomic E-state index is -0.209. The maximum Gasteiger partial charge on any atom is 0.195 e. The van der Waals surface area contributed by atoms with E-state index < -0.39 is 0 Å². The van der Waals surface area contributed by atoms with E-state index in [0.717, 1.165) is 19.4 Å². The lowest BCUT2D eigenvalue weighted by Crippen LogP contribution is -2.43. The van der Waals surface area contributed by atoms with Gasteiger partial charge in [0.05, 0.1) is 0 Å². The van der Waals surface area contributed by atoms with Gasteiger partial charge in [-0.1, -0.05) is 13.3 Å². The largest absolute Gasteiger partial charge is 0.370 e. The zero-order valence-corrected chi connectivity index (χ0v) is 9.08. The van der Waals surface area contributed by atoms with Gasteiger partial charge in [0, 0.05) is 6.54 Å². The molecule has 0 bridgehead atoms. The van der Waals surface area contributed by atoms with Crippen LogP contribution in [0.2, 0.25) is 0 Å². The molecule has 6 N–H and O–H groups in total. The van der Waals surface area contributed by atoms with Crippen molar-refractivity contribution in [3.8, 4) is 12.8 Å². The van der Waals surface area contributed by atoms with E-state index in [0.29, 0.717) is 0 Å². The molecule has 0 spiro atoms. The van der Waals surface area contributed by atoms with Crippen LogP contribution in [-0.4, -0.2) is 18.5 Å². The number of halogens is 1. The Balaban J connectivity index is -0.000000376. The summed E-state index contributed by atoms with van der Waals surface area (Å²) in [5.41, 5.74) is 4.99. The molecule has 0 saturated carbocycles. The van der Waals surface area contributed by atoms with Crippen LogP contribution in [0.3, 0.4) is 0 Å². The molecular formula is C8H18ClN5. The summed E-state index contributed by atoms with van der Waals surface area (Å²) >= 11 is 0. The van der Waals surface area contributed by atoms with Gasteiger partial charge in [-0.3, -0.25) is 16.1 Å². The van der Waals surface area contributed by atoms with E-state index >= 15 is 0 Å². The fourth-order valence-electron chi connectivity index (χ4n) is 0.569. The second-order valence-electron chi connectivity index (χ2n) is 2.19. The molecule has 5 nitrogen and oxygen atoms in total. The first-order valence-electron chi connectivity index (χ1n) is 3.93. The molecule has 0 fully saturated rings. The highest BCUT2D eigenvalue weighted by atomic mass is 35.5. The Kier molecular flexibility index (Phi) is 18.6. The van der Waals surface area contributed by atoms with Gasteiger partial charge in [-0.05, 0) is 6.42 Å². The van der Waals surface area contributed by atoms with Gasteiger partial charge in [0.15, 0.2) is 11.9 Å². The molecule has 6 heteroatoms. The van der Waals surface area contributed by atoms with Gasteiger partial charge in [0.2, 0.25) is 0 Å². The summed E-state index contributed by atoms with van der Waals surface area (Å²) < 4.78 is 0. The predicted molar refractivity (Wildman–Crippen MR) is 62.8 cm³/mol. The molecule has 0 saturated heterocycles. The van der Waals surface area contributed by atoms with E-state index in [-0.39, 0.29) is 24.3 Å². The second-order valence-corrected chi connectivity index (χ2v) is 2.19. The van der Waals surface area contributed by atoms with Crippen LogP contribution in [0.5, 0.6) is 0 Å². The third kappa shape index (κ3) is 16.9. The van der Waals surface area contributed by atoms with Gasteiger partial charge in [-0.25, -0.2) is 0 Å². The minimum Gasteiger partial charge on any atom is -0.370 e. The fourth-order valence-corrected chi connectivity index (χ4v) is 0.569. The third-order valence-electron chi connectivity index (χ3n) is 1.09. The summed E-state index contributed by atoms with van der Waals surface area (Å²) in [7, 11) is 0. The Bertz CT molecular complexity index is 178. The molecule has 0 amide bonds. The summed E-state index contributed by atoms with van der Waals surface area (Å²) in [5, 5.41) is 19.0. The van der Waals surface area contributed by atoms with E-state index in [1.165, 1.54) is 0 Å². The van der Waals surface area contributed by atoms with Gasteiger partial charge in [-0.2, -0.15) is 0 Å². The van der Waals surface area contributed by atoms with Gasteiger partial charge >= 0.3 is 0 Å². The van der Waals surface area contributed by atoms with Crippen LogP contribution in [0.1, 0.15) is 19.8 Å². The lowest BCUT2D eigenvalue weighted by Gasteiger charge is -2.06. The summed E-state index contributed by atoms with van der Waals surface area (Å²) in [5.74, 6) is -0.120. The van der Waals surface area contributed by atoms with E-state index in [4.69, 9.17) is 16.6 Å². The van der Waals surface area contributed by atoms with Crippen LogP contribution in [0.25, 0.3) is 0 Å². The van der Waals surface area contributed by atoms with Crippen LogP contribution < -0.4 is 16.4 Å². The molecule has 0 radical (unpaired) electrons. The molecule has 0 aliphatic rings. The van der Waals surface area contributed by atoms with Crippen LogP contribution in [0.4, 0.5) is 0 Å². The topological polar surface area (TPSA) is 97.8 Å². The standard InChI is InChI=1S/C6H15N5.C2H2.ClH/c1-2-3-4-10-6(9)11-5(7)8;1-2;/h2-4H2,1H3,(H6,7,8,9,10,11);1-2H;1H. The van der Waals surface area contributed by atoms with E-state index in [1.54, 1.807) is 0 Å². The van der Waals surface area contributed by atoms with E-state index in [9.17, 15) is 0 Å². The van der Waals surface area contributed by atoms with Crippen molar-refractivity contribution in [1.82, 2.24) is 10.6 Å². The Morgan fingerprint density at radius 1 is 1.36 bits per heavy atom. The molecule has 82 valence electrons. The molecule has 0 aliphatic heterocycles. The molecule has 0 unspecified atom stereocenters. The summed E-state index contributed by atoms with van der Waals surface area (Å²) in [4.78, 5) is 0. The highest BCUT2D eigenvalue weighted by molar-refractivity contribution is 5.94. The lowest BCUT2D eigenvalue weighted by atomic mass is 10.3. The highest BCUT2D eigenvalue weighted by Crippen LogP contribution is 1.80. The number of terminal acetylenes is 1. The first kappa shape index (κ1) is 18.4. The first-order valence-corrected chi connectivity index (χ1v) is 3.93. The average Bonchev–Trinajstić information content (AvgIpc) is 2.07. The zero-order valence-electron chi connectivity index (χ0n) is 8.26. The van der Waals surface area contributed by atoms with Crippen molar-refractivity contribution in [2.75, 3.05) is 6.54 Å². The zero-order chi connectivity index (χ0) is 10.7. The number of nitrogens with one attached hydrogen (secondary N) is 4. The van der Waals surface area contributed by atoms with Crippen molar-refractivity contribution in [1.29, 1.82) is 10.8 Å². The number of rotatable bonds is 3. The summed E-state index contributed by atoms with van der Waals surface area (Å²) in [6, 6.07) is 0. The average molecular weight is 220 g/mol. The predicted octanol–water partition coefficient (Wildman–Crippen LogP) is 0.465. The number of guanidine groups is 2. The monoisotopic (exact) mass is 219 g/mol. The SMILES string of the molecule is C#C.CCCCNC(=N)NC(=N)N.Cl. The Morgan fingerprint density at radius 3 is 2.21 bits per heavy atom. The van der Waals surface area contributed by atoms with E-state index in [1.807, 2.05) is 0 Å². The number of unbranched alkanes of at least 4 members (excludes halogenated alkanes) is 1. The second kappa shape index (κ2) is 14.1. The van der Waals surface area contributed by atoms with Gasteiger partial charge in [0.1, 0.15) is 0 Å². The molecule has 14 heavy (non-hydrogen) atoms. The van der Waals surface area contributed by atoms with Crippen LogP contribution in [0.15, 0.2) is 0 Å².